The average Bonchev–Trinajstić information content (AvgIpc) is 2.62. The van der Waals surface area contributed by atoms with Gasteiger partial charge in [-0.3, -0.25) is 10.1 Å². The van der Waals surface area contributed by atoms with Crippen LogP contribution in [0.25, 0.3) is 0 Å². The number of urea groups is 1. The summed E-state index contributed by atoms with van der Waals surface area (Å²) < 4.78 is 5.62. The number of hydrogen-bond donors (Lipinski definition) is 1. The van der Waals surface area contributed by atoms with E-state index in [0.717, 1.165) is 44.9 Å². The molecule has 5 heteroatoms. The molecule has 1 aliphatic carbocycles. The van der Waals surface area contributed by atoms with Gasteiger partial charge >= 0.3 is 6.03 Å². The molecule has 2 aliphatic rings. The number of amides is 3. The summed E-state index contributed by atoms with van der Waals surface area (Å²) >= 11 is 0. The molecule has 0 aromatic heterocycles. The molecular weight excluding hydrogens is 268 g/mol. The van der Waals surface area contributed by atoms with Gasteiger partial charge in [-0.05, 0) is 25.2 Å². The molecule has 0 aromatic rings. The Hall–Kier alpha value is -1.10. The van der Waals surface area contributed by atoms with E-state index in [1.165, 1.54) is 0 Å². The Bertz CT molecular complexity index is 374. The van der Waals surface area contributed by atoms with E-state index in [1.807, 2.05) is 0 Å². The third kappa shape index (κ3) is 3.76. The van der Waals surface area contributed by atoms with Gasteiger partial charge in [0, 0.05) is 13.2 Å². The predicted octanol–water partition coefficient (Wildman–Crippen LogP) is 2.69. The van der Waals surface area contributed by atoms with Crippen LogP contribution >= 0.6 is 0 Å². The van der Waals surface area contributed by atoms with Gasteiger partial charge in [0.05, 0.1) is 6.61 Å². The molecule has 0 bridgehead atoms. The summed E-state index contributed by atoms with van der Waals surface area (Å²) in [5.74, 6) is 0.520. The van der Waals surface area contributed by atoms with Gasteiger partial charge in [0.2, 0.25) is 0 Å². The molecule has 1 saturated carbocycles. The second kappa shape index (κ2) is 7.25. The van der Waals surface area contributed by atoms with Crippen LogP contribution in [-0.4, -0.2) is 42.1 Å². The second-order valence-electron chi connectivity index (χ2n) is 6.65. The fraction of sp³-hybridized carbons (Fsp3) is 0.875. The molecule has 3 amide bonds. The van der Waals surface area contributed by atoms with E-state index in [9.17, 15) is 9.59 Å². The molecule has 120 valence electrons. The van der Waals surface area contributed by atoms with Crippen molar-refractivity contribution in [2.75, 3.05) is 19.8 Å². The molecule has 1 aliphatic heterocycles. The first-order valence-corrected chi connectivity index (χ1v) is 8.27. The summed E-state index contributed by atoms with van der Waals surface area (Å²) in [5.41, 5.74) is -0.602. The van der Waals surface area contributed by atoms with Crippen molar-refractivity contribution in [1.82, 2.24) is 10.2 Å². The van der Waals surface area contributed by atoms with Crippen molar-refractivity contribution in [3.8, 4) is 0 Å². The number of carbonyl (C=O) groups excluding carboxylic acids is 2. The topological polar surface area (TPSA) is 58.6 Å². The molecule has 5 nitrogen and oxygen atoms in total. The van der Waals surface area contributed by atoms with Gasteiger partial charge in [-0.2, -0.15) is 0 Å². The van der Waals surface area contributed by atoms with Crippen molar-refractivity contribution in [3.05, 3.63) is 0 Å². The van der Waals surface area contributed by atoms with Crippen LogP contribution in [0.1, 0.15) is 58.8 Å². The summed E-state index contributed by atoms with van der Waals surface area (Å²) in [6.45, 7) is 6.06. The van der Waals surface area contributed by atoms with E-state index in [1.54, 1.807) is 4.90 Å². The molecule has 1 heterocycles. The van der Waals surface area contributed by atoms with Crippen LogP contribution in [0.3, 0.4) is 0 Å². The lowest BCUT2D eigenvalue weighted by Crippen LogP contribution is -2.50. The maximum Gasteiger partial charge on any atom is 0.325 e. The zero-order valence-corrected chi connectivity index (χ0v) is 13.3. The van der Waals surface area contributed by atoms with E-state index in [-0.39, 0.29) is 11.9 Å². The molecule has 2 rings (SSSR count). The van der Waals surface area contributed by atoms with Crippen molar-refractivity contribution in [1.29, 1.82) is 0 Å². The number of imide groups is 1. The fourth-order valence-corrected chi connectivity index (χ4v) is 3.30. The first-order valence-electron chi connectivity index (χ1n) is 8.27. The van der Waals surface area contributed by atoms with Gasteiger partial charge in [0.15, 0.2) is 0 Å². The van der Waals surface area contributed by atoms with E-state index in [2.05, 4.69) is 19.2 Å². The van der Waals surface area contributed by atoms with Crippen LogP contribution < -0.4 is 5.32 Å². The Labute approximate surface area is 127 Å². The molecule has 0 aromatic carbocycles. The number of ether oxygens (including phenoxy) is 1. The Morgan fingerprint density at radius 2 is 1.81 bits per heavy atom. The Balaban J connectivity index is 1.91. The van der Waals surface area contributed by atoms with Crippen LogP contribution in [0.5, 0.6) is 0 Å². The zero-order valence-electron chi connectivity index (χ0n) is 13.3. The third-order valence-electron chi connectivity index (χ3n) is 4.63. The smallest absolute Gasteiger partial charge is 0.325 e. The van der Waals surface area contributed by atoms with E-state index in [4.69, 9.17) is 4.74 Å². The second-order valence-corrected chi connectivity index (χ2v) is 6.65. The van der Waals surface area contributed by atoms with Gasteiger partial charge in [0.1, 0.15) is 5.54 Å². The van der Waals surface area contributed by atoms with Crippen molar-refractivity contribution >= 4 is 11.9 Å². The molecule has 0 radical (unpaired) electrons. The van der Waals surface area contributed by atoms with Gasteiger partial charge in [-0.25, -0.2) is 4.79 Å². The highest BCUT2D eigenvalue weighted by molar-refractivity contribution is 6.07. The summed E-state index contributed by atoms with van der Waals surface area (Å²) in [6, 6.07) is -0.241. The number of nitrogens with one attached hydrogen (secondary N) is 1. The van der Waals surface area contributed by atoms with Crippen LogP contribution in [0.4, 0.5) is 4.79 Å². The molecule has 2 fully saturated rings. The minimum absolute atomic E-state index is 0.100. The molecule has 1 saturated heterocycles. The Morgan fingerprint density at radius 1 is 1.14 bits per heavy atom. The lowest BCUT2D eigenvalue weighted by Gasteiger charge is -2.34. The minimum atomic E-state index is -0.602. The van der Waals surface area contributed by atoms with E-state index in [0.29, 0.717) is 25.7 Å². The number of rotatable bonds is 6. The number of hydrogen-bond acceptors (Lipinski definition) is 3. The Kier molecular flexibility index (Phi) is 5.62. The highest BCUT2D eigenvalue weighted by Gasteiger charge is 2.51. The lowest BCUT2D eigenvalue weighted by molar-refractivity contribution is -0.127. The maximum absolute atomic E-state index is 12.3. The molecule has 1 spiro atoms. The van der Waals surface area contributed by atoms with Gasteiger partial charge in [-0.1, -0.05) is 39.5 Å². The normalized spacial score (nSPS) is 22.0. The monoisotopic (exact) mass is 296 g/mol. The van der Waals surface area contributed by atoms with E-state index < -0.39 is 5.54 Å². The highest BCUT2D eigenvalue weighted by Crippen LogP contribution is 2.35. The first-order chi connectivity index (χ1) is 10.1. The fourth-order valence-electron chi connectivity index (χ4n) is 3.30. The van der Waals surface area contributed by atoms with Gasteiger partial charge in [-0.15, -0.1) is 0 Å². The summed E-state index contributed by atoms with van der Waals surface area (Å²) in [6.07, 6.45) is 6.95. The quantitative estimate of drug-likeness (QED) is 0.605. The molecule has 1 N–H and O–H groups in total. The minimum Gasteiger partial charge on any atom is -0.380 e. The summed E-state index contributed by atoms with van der Waals surface area (Å²) in [4.78, 5) is 26.1. The number of carbonyl (C=O) groups is 2. The standard InChI is InChI=1S/C16H28N2O3/c1-13(2)7-11-21-12-10-18-15(20)17-14(19)16(18)8-5-3-4-6-9-16/h13H,3-12H2,1-2H3,(H,17,19,20). The summed E-state index contributed by atoms with van der Waals surface area (Å²) in [7, 11) is 0. The Morgan fingerprint density at radius 3 is 2.43 bits per heavy atom. The predicted molar refractivity (Wildman–Crippen MR) is 81.0 cm³/mol. The van der Waals surface area contributed by atoms with Gasteiger partial charge in [0.25, 0.3) is 5.91 Å². The zero-order chi connectivity index (χ0) is 15.3. The van der Waals surface area contributed by atoms with Crippen LogP contribution in [0.15, 0.2) is 0 Å². The molecule has 21 heavy (non-hydrogen) atoms. The number of nitrogens with zero attached hydrogens (tertiary/aromatic N) is 1. The van der Waals surface area contributed by atoms with Crippen molar-refractivity contribution in [3.63, 3.8) is 0 Å². The van der Waals surface area contributed by atoms with Crippen molar-refractivity contribution in [2.45, 2.75) is 64.3 Å². The van der Waals surface area contributed by atoms with Crippen molar-refractivity contribution < 1.29 is 14.3 Å². The molecule has 0 unspecified atom stereocenters. The molecular formula is C16H28N2O3. The first kappa shape index (κ1) is 16.3. The summed E-state index contributed by atoms with van der Waals surface area (Å²) in [5, 5.41) is 2.51. The third-order valence-corrected chi connectivity index (χ3v) is 4.63. The van der Waals surface area contributed by atoms with Crippen LogP contribution in [-0.2, 0) is 9.53 Å². The highest BCUT2D eigenvalue weighted by atomic mass is 16.5. The van der Waals surface area contributed by atoms with Crippen molar-refractivity contribution in [2.24, 2.45) is 5.92 Å². The largest absolute Gasteiger partial charge is 0.380 e. The van der Waals surface area contributed by atoms with E-state index >= 15 is 0 Å². The molecule has 0 atom stereocenters. The SMILES string of the molecule is CC(C)CCOCCN1C(=O)NC(=O)C12CCCCCC2. The van der Waals surface area contributed by atoms with Crippen LogP contribution in [0, 0.1) is 5.92 Å². The van der Waals surface area contributed by atoms with Crippen LogP contribution in [0.2, 0.25) is 0 Å². The lowest BCUT2D eigenvalue weighted by atomic mass is 9.89. The maximum atomic E-state index is 12.3. The van der Waals surface area contributed by atoms with Gasteiger partial charge < -0.3 is 9.64 Å². The average molecular weight is 296 g/mol.